The Hall–Kier alpha value is -0.870. The molecule has 4 heteroatoms. The molecule has 0 aromatic carbocycles. The van der Waals surface area contributed by atoms with Crippen LogP contribution in [0.5, 0.6) is 0 Å². The van der Waals surface area contributed by atoms with Crippen LogP contribution in [0.3, 0.4) is 0 Å². The number of hydrogen-bond acceptors (Lipinski definition) is 3. The van der Waals surface area contributed by atoms with Crippen LogP contribution >= 0.6 is 11.3 Å². The zero-order valence-electron chi connectivity index (χ0n) is 11.3. The Balaban J connectivity index is 1.74. The van der Waals surface area contributed by atoms with Gasteiger partial charge in [-0.25, -0.2) is 4.98 Å². The summed E-state index contributed by atoms with van der Waals surface area (Å²) >= 11 is 1.70. The van der Waals surface area contributed by atoms with Gasteiger partial charge in [-0.05, 0) is 24.3 Å². The second kappa shape index (κ2) is 4.35. The van der Waals surface area contributed by atoms with Gasteiger partial charge in [0.05, 0.1) is 5.69 Å². The first-order valence-electron chi connectivity index (χ1n) is 6.74. The maximum atomic E-state index is 4.69. The van der Waals surface area contributed by atoms with Crippen LogP contribution in [0.25, 0.3) is 4.96 Å². The van der Waals surface area contributed by atoms with Gasteiger partial charge in [0.15, 0.2) is 4.96 Å². The number of thiazole rings is 1. The van der Waals surface area contributed by atoms with Gasteiger partial charge in [-0.1, -0.05) is 20.8 Å². The molecule has 0 saturated heterocycles. The van der Waals surface area contributed by atoms with E-state index in [9.17, 15) is 0 Å². The molecule has 2 aromatic heterocycles. The number of rotatable bonds is 5. The normalized spacial score (nSPS) is 23.4. The van der Waals surface area contributed by atoms with E-state index in [0.717, 1.165) is 23.8 Å². The van der Waals surface area contributed by atoms with Gasteiger partial charge >= 0.3 is 0 Å². The van der Waals surface area contributed by atoms with E-state index in [1.54, 1.807) is 11.3 Å². The average molecular weight is 263 g/mol. The highest BCUT2D eigenvalue weighted by Crippen LogP contribution is 2.54. The lowest BCUT2D eigenvalue weighted by Crippen LogP contribution is -2.34. The van der Waals surface area contributed by atoms with Crippen molar-refractivity contribution >= 4 is 16.3 Å². The summed E-state index contributed by atoms with van der Waals surface area (Å²) in [6, 6.07) is 0.578. The van der Waals surface area contributed by atoms with Gasteiger partial charge in [-0.15, -0.1) is 11.3 Å². The van der Waals surface area contributed by atoms with E-state index in [2.05, 4.69) is 48.3 Å². The Kier molecular flexibility index (Phi) is 2.94. The number of aromatic nitrogens is 2. The van der Waals surface area contributed by atoms with Crippen molar-refractivity contribution < 1.29 is 0 Å². The third kappa shape index (κ3) is 2.19. The zero-order valence-corrected chi connectivity index (χ0v) is 12.1. The molecule has 3 nitrogen and oxygen atoms in total. The molecule has 0 spiro atoms. The summed E-state index contributed by atoms with van der Waals surface area (Å²) in [5, 5.41) is 5.72. The van der Waals surface area contributed by atoms with Gasteiger partial charge in [-0.2, -0.15) is 0 Å². The maximum Gasteiger partial charge on any atom is 0.193 e. The Labute approximate surface area is 112 Å². The van der Waals surface area contributed by atoms with E-state index >= 15 is 0 Å². The fraction of sp³-hybridized carbons (Fsp3) is 0.643. The molecule has 3 rings (SSSR count). The van der Waals surface area contributed by atoms with Crippen LogP contribution in [0.4, 0.5) is 0 Å². The third-order valence-corrected chi connectivity index (χ3v) is 4.88. The summed E-state index contributed by atoms with van der Waals surface area (Å²) in [5.41, 5.74) is 1.74. The first-order valence-corrected chi connectivity index (χ1v) is 7.62. The van der Waals surface area contributed by atoms with Crippen LogP contribution in [0.2, 0.25) is 0 Å². The Morgan fingerprint density at radius 1 is 1.61 bits per heavy atom. The van der Waals surface area contributed by atoms with Crippen molar-refractivity contribution in [3.05, 3.63) is 23.5 Å². The molecule has 0 amide bonds. The molecule has 18 heavy (non-hydrogen) atoms. The second-order valence-electron chi connectivity index (χ2n) is 5.99. The monoisotopic (exact) mass is 263 g/mol. The maximum absolute atomic E-state index is 4.69. The predicted octanol–water partition coefficient (Wildman–Crippen LogP) is 2.96. The lowest BCUT2D eigenvalue weighted by Gasteiger charge is -2.18. The van der Waals surface area contributed by atoms with Crippen molar-refractivity contribution in [2.24, 2.45) is 11.3 Å². The Morgan fingerprint density at radius 2 is 2.39 bits per heavy atom. The van der Waals surface area contributed by atoms with E-state index in [4.69, 9.17) is 4.98 Å². The highest BCUT2D eigenvalue weighted by atomic mass is 32.1. The Morgan fingerprint density at radius 3 is 3.00 bits per heavy atom. The number of imidazole rings is 1. The highest BCUT2D eigenvalue weighted by Gasteiger charge is 2.49. The third-order valence-electron chi connectivity index (χ3n) is 4.11. The molecule has 1 fully saturated rings. The molecule has 0 aliphatic heterocycles. The molecule has 1 N–H and O–H groups in total. The molecular formula is C14H21N3S. The van der Waals surface area contributed by atoms with Crippen molar-refractivity contribution in [3.8, 4) is 0 Å². The summed E-state index contributed by atoms with van der Waals surface area (Å²) in [7, 11) is 0. The van der Waals surface area contributed by atoms with Gasteiger partial charge in [-0.3, -0.25) is 4.40 Å². The molecular weight excluding hydrogens is 242 g/mol. The molecule has 2 atom stereocenters. The highest BCUT2D eigenvalue weighted by molar-refractivity contribution is 7.15. The largest absolute Gasteiger partial charge is 0.314 e. The van der Waals surface area contributed by atoms with Crippen LogP contribution in [-0.4, -0.2) is 22.0 Å². The topological polar surface area (TPSA) is 29.3 Å². The fourth-order valence-electron chi connectivity index (χ4n) is 2.91. The predicted molar refractivity (Wildman–Crippen MR) is 76.1 cm³/mol. The molecule has 1 saturated carbocycles. The van der Waals surface area contributed by atoms with Gasteiger partial charge in [0.1, 0.15) is 0 Å². The van der Waals surface area contributed by atoms with Crippen molar-refractivity contribution in [2.75, 3.05) is 6.54 Å². The Bertz CT molecular complexity index is 511. The van der Waals surface area contributed by atoms with E-state index in [-0.39, 0.29) is 0 Å². The van der Waals surface area contributed by atoms with Gasteiger partial charge in [0.2, 0.25) is 0 Å². The number of nitrogens with zero attached hydrogens (tertiary/aromatic N) is 2. The summed E-state index contributed by atoms with van der Waals surface area (Å²) < 4.78 is 2.13. The first kappa shape index (κ1) is 12.2. The lowest BCUT2D eigenvalue weighted by molar-refractivity contribution is 0.407. The van der Waals surface area contributed by atoms with Crippen LogP contribution < -0.4 is 5.32 Å². The minimum atomic E-state index is 0.518. The second-order valence-corrected chi connectivity index (χ2v) is 6.87. The minimum Gasteiger partial charge on any atom is -0.314 e. The van der Waals surface area contributed by atoms with Gasteiger partial charge in [0, 0.05) is 30.2 Å². The lowest BCUT2D eigenvalue weighted by atomic mass is 10.00. The van der Waals surface area contributed by atoms with Crippen molar-refractivity contribution in [1.29, 1.82) is 0 Å². The summed E-state index contributed by atoms with van der Waals surface area (Å²) in [6.07, 6.45) is 6.65. The number of fused-ring (bicyclic) bond motifs is 1. The molecule has 98 valence electrons. The zero-order chi connectivity index (χ0) is 12.8. The first-order chi connectivity index (χ1) is 8.60. The number of likely N-dealkylation sites (N-methyl/N-ethyl adjacent to an activating group) is 1. The van der Waals surface area contributed by atoms with Gasteiger partial charge < -0.3 is 5.32 Å². The van der Waals surface area contributed by atoms with E-state index in [1.807, 2.05) is 0 Å². The quantitative estimate of drug-likeness (QED) is 0.898. The molecule has 0 radical (unpaired) electrons. The number of hydrogen-bond donors (Lipinski definition) is 1. The van der Waals surface area contributed by atoms with Gasteiger partial charge in [0.25, 0.3) is 0 Å². The summed E-state index contributed by atoms with van der Waals surface area (Å²) in [5.74, 6) is 0.803. The smallest absolute Gasteiger partial charge is 0.193 e. The van der Waals surface area contributed by atoms with E-state index < -0.39 is 0 Å². The molecule has 1 aliphatic carbocycles. The van der Waals surface area contributed by atoms with E-state index in [1.165, 1.54) is 12.1 Å². The fourth-order valence-corrected chi connectivity index (χ4v) is 3.63. The van der Waals surface area contributed by atoms with Crippen LogP contribution in [-0.2, 0) is 6.42 Å². The minimum absolute atomic E-state index is 0.518. The average Bonchev–Trinajstić information content (AvgIpc) is 2.63. The summed E-state index contributed by atoms with van der Waals surface area (Å²) in [4.78, 5) is 5.80. The molecule has 1 aliphatic rings. The van der Waals surface area contributed by atoms with Crippen LogP contribution in [0.1, 0.15) is 32.9 Å². The molecule has 2 heterocycles. The summed E-state index contributed by atoms with van der Waals surface area (Å²) in [6.45, 7) is 7.97. The molecule has 2 unspecified atom stereocenters. The van der Waals surface area contributed by atoms with Crippen LogP contribution in [0.15, 0.2) is 17.8 Å². The standard InChI is InChI=1S/C14H21N3S/c1-4-15-12(11-8-14(11,2)3)7-10-9-17-5-6-18-13(17)16-10/h5-6,9,11-12,15H,4,7-8H2,1-3H3. The van der Waals surface area contributed by atoms with Crippen LogP contribution in [0, 0.1) is 11.3 Å². The SMILES string of the molecule is CCNC(Cc1cn2ccsc2n1)C1CC1(C)C. The molecule has 2 aromatic rings. The number of nitrogens with one attached hydrogen (secondary N) is 1. The van der Waals surface area contributed by atoms with Crippen molar-refractivity contribution in [3.63, 3.8) is 0 Å². The van der Waals surface area contributed by atoms with Crippen molar-refractivity contribution in [1.82, 2.24) is 14.7 Å². The molecule has 0 bridgehead atoms. The van der Waals surface area contributed by atoms with E-state index in [0.29, 0.717) is 11.5 Å². The van der Waals surface area contributed by atoms with Crippen molar-refractivity contribution in [2.45, 2.75) is 39.7 Å².